The maximum Gasteiger partial charge on any atom is 0.0840 e. The second kappa shape index (κ2) is 3.03. The van der Waals surface area contributed by atoms with Crippen molar-refractivity contribution in [1.29, 1.82) is 0 Å². The van der Waals surface area contributed by atoms with Crippen molar-refractivity contribution in [3.8, 4) is 0 Å². The van der Waals surface area contributed by atoms with E-state index in [9.17, 15) is 0 Å². The number of H-pyrrole nitrogens is 1. The molecule has 0 saturated heterocycles. The molecule has 0 bridgehead atoms. The number of aliphatic hydroxyl groups is 1. The fraction of sp³-hybridized carbons (Fsp3) is 0.0909. The molecule has 0 unspecified atom stereocenters. The van der Waals surface area contributed by atoms with Gasteiger partial charge >= 0.3 is 0 Å². The smallest absolute Gasteiger partial charge is 0.0840 e. The molecule has 3 rings (SSSR count). The topological polar surface area (TPSA) is 61.8 Å². The van der Waals surface area contributed by atoms with Gasteiger partial charge in [0.15, 0.2) is 0 Å². The van der Waals surface area contributed by atoms with Gasteiger partial charge < -0.3 is 5.11 Å². The molecular weight excluding hydrogens is 190 g/mol. The number of aromatic nitrogens is 3. The lowest BCUT2D eigenvalue weighted by Gasteiger charge is -2.00. The third kappa shape index (κ3) is 1.19. The molecule has 0 fully saturated rings. The second-order valence-corrected chi connectivity index (χ2v) is 3.47. The molecule has 3 aromatic rings. The van der Waals surface area contributed by atoms with Crippen molar-refractivity contribution in [2.24, 2.45) is 0 Å². The molecular formula is C11H9N3O. The summed E-state index contributed by atoms with van der Waals surface area (Å²) < 4.78 is 0. The van der Waals surface area contributed by atoms with Crippen molar-refractivity contribution in [2.75, 3.05) is 0 Å². The highest BCUT2D eigenvalue weighted by Crippen LogP contribution is 2.22. The molecule has 4 nitrogen and oxygen atoms in total. The van der Waals surface area contributed by atoms with Gasteiger partial charge in [0, 0.05) is 10.8 Å². The van der Waals surface area contributed by atoms with Crippen LogP contribution in [0.15, 0.2) is 30.6 Å². The zero-order valence-electron chi connectivity index (χ0n) is 7.94. The first kappa shape index (κ1) is 8.38. The largest absolute Gasteiger partial charge is 0.392 e. The maximum atomic E-state index is 9.02. The standard InChI is InChI=1S/C11H9N3O/c15-6-7-1-2-8-9-4-13-14-11(9)5-12-10(8)3-7/h1-5,15H,6H2,(H,13,14). The number of aliphatic hydroxyl groups excluding tert-OH is 1. The molecule has 0 aliphatic carbocycles. The van der Waals surface area contributed by atoms with Gasteiger partial charge in [0.1, 0.15) is 0 Å². The lowest BCUT2D eigenvalue weighted by Crippen LogP contribution is -1.85. The van der Waals surface area contributed by atoms with Gasteiger partial charge in [0.25, 0.3) is 0 Å². The van der Waals surface area contributed by atoms with E-state index in [4.69, 9.17) is 5.11 Å². The number of nitrogens with zero attached hydrogens (tertiary/aromatic N) is 2. The van der Waals surface area contributed by atoms with E-state index in [1.165, 1.54) is 0 Å². The fourth-order valence-corrected chi connectivity index (χ4v) is 1.75. The normalized spacial score (nSPS) is 11.3. The van der Waals surface area contributed by atoms with Crippen LogP contribution in [0.2, 0.25) is 0 Å². The van der Waals surface area contributed by atoms with E-state index in [1.807, 2.05) is 18.2 Å². The number of pyridine rings is 1. The van der Waals surface area contributed by atoms with Crippen molar-refractivity contribution in [3.63, 3.8) is 0 Å². The molecule has 2 aromatic heterocycles. The lowest BCUT2D eigenvalue weighted by molar-refractivity contribution is 0.282. The van der Waals surface area contributed by atoms with E-state index in [0.29, 0.717) is 0 Å². The van der Waals surface area contributed by atoms with Gasteiger partial charge in [-0.15, -0.1) is 0 Å². The number of aromatic amines is 1. The summed E-state index contributed by atoms with van der Waals surface area (Å²) >= 11 is 0. The summed E-state index contributed by atoms with van der Waals surface area (Å²) in [5.41, 5.74) is 2.69. The molecule has 74 valence electrons. The van der Waals surface area contributed by atoms with E-state index in [-0.39, 0.29) is 6.61 Å². The molecule has 15 heavy (non-hydrogen) atoms. The average Bonchev–Trinajstić information content (AvgIpc) is 2.76. The highest BCUT2D eigenvalue weighted by atomic mass is 16.3. The Balaban J connectivity index is 2.44. The Morgan fingerprint density at radius 2 is 2.13 bits per heavy atom. The van der Waals surface area contributed by atoms with Gasteiger partial charge in [0.05, 0.1) is 30.0 Å². The van der Waals surface area contributed by atoms with Crippen LogP contribution in [0.1, 0.15) is 5.56 Å². The number of nitrogens with one attached hydrogen (secondary N) is 1. The predicted molar refractivity (Wildman–Crippen MR) is 57.3 cm³/mol. The summed E-state index contributed by atoms with van der Waals surface area (Å²) in [6.07, 6.45) is 3.55. The Bertz CT molecular complexity index is 630. The van der Waals surface area contributed by atoms with Gasteiger partial charge in [-0.25, -0.2) is 0 Å². The number of hydrogen-bond acceptors (Lipinski definition) is 3. The van der Waals surface area contributed by atoms with Crippen molar-refractivity contribution < 1.29 is 5.11 Å². The Morgan fingerprint density at radius 3 is 3.00 bits per heavy atom. The van der Waals surface area contributed by atoms with E-state index in [0.717, 1.165) is 27.4 Å². The van der Waals surface area contributed by atoms with Crippen LogP contribution in [0.4, 0.5) is 0 Å². The molecule has 4 heteroatoms. The first-order chi connectivity index (χ1) is 7.38. The van der Waals surface area contributed by atoms with Gasteiger partial charge in [-0.3, -0.25) is 10.1 Å². The molecule has 2 N–H and O–H groups in total. The SMILES string of the molecule is OCc1ccc2c(c1)ncc1[nH]ncc12. The molecule has 0 saturated carbocycles. The first-order valence-corrected chi connectivity index (χ1v) is 4.70. The van der Waals surface area contributed by atoms with Crippen molar-refractivity contribution in [3.05, 3.63) is 36.2 Å². The average molecular weight is 199 g/mol. The summed E-state index contributed by atoms with van der Waals surface area (Å²) in [6, 6.07) is 5.75. The van der Waals surface area contributed by atoms with E-state index < -0.39 is 0 Å². The van der Waals surface area contributed by atoms with Crippen molar-refractivity contribution >= 4 is 21.8 Å². The lowest BCUT2D eigenvalue weighted by atomic mass is 10.1. The van der Waals surface area contributed by atoms with E-state index >= 15 is 0 Å². The fourth-order valence-electron chi connectivity index (χ4n) is 1.75. The summed E-state index contributed by atoms with van der Waals surface area (Å²) in [5.74, 6) is 0. The Labute approximate surface area is 85.6 Å². The second-order valence-electron chi connectivity index (χ2n) is 3.47. The maximum absolute atomic E-state index is 9.02. The highest BCUT2D eigenvalue weighted by molar-refractivity contribution is 6.03. The summed E-state index contributed by atoms with van der Waals surface area (Å²) in [6.45, 7) is 0.0427. The zero-order valence-corrected chi connectivity index (χ0v) is 7.94. The van der Waals surface area contributed by atoms with E-state index in [2.05, 4.69) is 15.2 Å². The summed E-state index contributed by atoms with van der Waals surface area (Å²) in [4.78, 5) is 4.31. The third-order valence-corrected chi connectivity index (χ3v) is 2.54. The third-order valence-electron chi connectivity index (χ3n) is 2.54. The minimum Gasteiger partial charge on any atom is -0.392 e. The van der Waals surface area contributed by atoms with Gasteiger partial charge in [-0.05, 0) is 11.6 Å². The molecule has 0 aliphatic rings. The van der Waals surface area contributed by atoms with Crippen LogP contribution >= 0.6 is 0 Å². The van der Waals surface area contributed by atoms with Crippen LogP contribution in [-0.2, 0) is 6.61 Å². The molecule has 0 spiro atoms. The van der Waals surface area contributed by atoms with Gasteiger partial charge in [0.2, 0.25) is 0 Å². The molecule has 1 aromatic carbocycles. The van der Waals surface area contributed by atoms with Gasteiger partial charge in [-0.1, -0.05) is 12.1 Å². The van der Waals surface area contributed by atoms with Gasteiger partial charge in [-0.2, -0.15) is 5.10 Å². The zero-order chi connectivity index (χ0) is 10.3. The Hall–Kier alpha value is -1.94. The Kier molecular flexibility index (Phi) is 1.69. The highest BCUT2D eigenvalue weighted by Gasteiger charge is 2.03. The van der Waals surface area contributed by atoms with Crippen LogP contribution in [0.25, 0.3) is 21.8 Å². The van der Waals surface area contributed by atoms with Crippen LogP contribution in [-0.4, -0.2) is 20.3 Å². The predicted octanol–water partition coefficient (Wildman–Crippen LogP) is 1.60. The molecule has 0 atom stereocenters. The number of hydrogen-bond donors (Lipinski definition) is 2. The minimum absolute atomic E-state index is 0.0427. The van der Waals surface area contributed by atoms with Crippen LogP contribution in [0.5, 0.6) is 0 Å². The monoisotopic (exact) mass is 199 g/mol. The molecule has 0 radical (unpaired) electrons. The van der Waals surface area contributed by atoms with E-state index in [1.54, 1.807) is 12.4 Å². The number of fused-ring (bicyclic) bond motifs is 3. The van der Waals surface area contributed by atoms with Crippen molar-refractivity contribution in [2.45, 2.75) is 6.61 Å². The van der Waals surface area contributed by atoms with Crippen LogP contribution in [0, 0.1) is 0 Å². The summed E-state index contributed by atoms with van der Waals surface area (Å²) in [5, 5.41) is 18.0. The number of rotatable bonds is 1. The first-order valence-electron chi connectivity index (χ1n) is 4.70. The summed E-state index contributed by atoms with van der Waals surface area (Å²) in [7, 11) is 0. The molecule has 0 aliphatic heterocycles. The molecule has 2 heterocycles. The van der Waals surface area contributed by atoms with Crippen molar-refractivity contribution in [1.82, 2.24) is 15.2 Å². The minimum atomic E-state index is 0.0427. The quantitative estimate of drug-likeness (QED) is 0.625. The number of benzene rings is 1. The van der Waals surface area contributed by atoms with Crippen LogP contribution < -0.4 is 0 Å². The Morgan fingerprint density at radius 1 is 1.20 bits per heavy atom. The van der Waals surface area contributed by atoms with Crippen LogP contribution in [0.3, 0.4) is 0 Å². The molecule has 0 amide bonds.